The third-order valence-corrected chi connectivity index (χ3v) is 4.39. The number of rotatable bonds is 5. The number of nitrogens with one attached hydrogen (secondary N) is 1. The average molecular weight is 274 g/mol. The second kappa shape index (κ2) is 6.59. The van der Waals surface area contributed by atoms with Gasteiger partial charge in [0.25, 0.3) is 0 Å². The summed E-state index contributed by atoms with van der Waals surface area (Å²) in [6.07, 6.45) is 5.49. The van der Waals surface area contributed by atoms with Crippen molar-refractivity contribution >= 4 is 0 Å². The standard InChI is InChI=1S/C17H26N2O/c1-14(13-19-9-5-2-6-10-19)18-12-16-11-15-7-3-4-8-17(15)20-16/h3-4,7-8,14,16,18H,2,5-6,9-13H2,1H3. The Morgan fingerprint density at radius 3 is 2.85 bits per heavy atom. The molecule has 2 unspecified atom stereocenters. The van der Waals surface area contributed by atoms with Gasteiger partial charge in [0.1, 0.15) is 11.9 Å². The van der Waals surface area contributed by atoms with Crippen LogP contribution < -0.4 is 10.1 Å². The van der Waals surface area contributed by atoms with Crippen molar-refractivity contribution in [2.75, 3.05) is 26.2 Å². The fraction of sp³-hybridized carbons (Fsp3) is 0.647. The summed E-state index contributed by atoms with van der Waals surface area (Å²) in [5.41, 5.74) is 1.35. The van der Waals surface area contributed by atoms with E-state index in [2.05, 4.69) is 35.3 Å². The Kier molecular flexibility index (Phi) is 4.58. The van der Waals surface area contributed by atoms with E-state index in [9.17, 15) is 0 Å². The lowest BCUT2D eigenvalue weighted by atomic mass is 10.1. The fourth-order valence-corrected chi connectivity index (χ4v) is 3.29. The van der Waals surface area contributed by atoms with Gasteiger partial charge in [-0.15, -0.1) is 0 Å². The van der Waals surface area contributed by atoms with Crippen LogP contribution in [0.4, 0.5) is 0 Å². The number of benzene rings is 1. The van der Waals surface area contributed by atoms with Crippen molar-refractivity contribution in [3.63, 3.8) is 0 Å². The molecule has 0 spiro atoms. The van der Waals surface area contributed by atoms with E-state index in [0.29, 0.717) is 12.1 Å². The molecule has 1 aromatic rings. The molecule has 0 saturated carbocycles. The Morgan fingerprint density at radius 2 is 2.05 bits per heavy atom. The van der Waals surface area contributed by atoms with Gasteiger partial charge in [0, 0.05) is 25.6 Å². The van der Waals surface area contributed by atoms with Gasteiger partial charge >= 0.3 is 0 Å². The molecule has 1 fully saturated rings. The summed E-state index contributed by atoms with van der Waals surface area (Å²) in [7, 11) is 0. The Hall–Kier alpha value is -1.06. The summed E-state index contributed by atoms with van der Waals surface area (Å²) >= 11 is 0. The van der Waals surface area contributed by atoms with E-state index in [1.165, 1.54) is 44.5 Å². The van der Waals surface area contributed by atoms with Gasteiger partial charge < -0.3 is 15.0 Å². The van der Waals surface area contributed by atoms with Crippen LogP contribution in [0.5, 0.6) is 5.75 Å². The largest absolute Gasteiger partial charge is 0.488 e. The van der Waals surface area contributed by atoms with Crippen molar-refractivity contribution in [2.45, 2.75) is 44.8 Å². The quantitative estimate of drug-likeness (QED) is 0.892. The van der Waals surface area contributed by atoms with Crippen LogP contribution in [-0.2, 0) is 6.42 Å². The highest BCUT2D eigenvalue weighted by molar-refractivity contribution is 5.37. The maximum absolute atomic E-state index is 5.97. The molecule has 2 aliphatic heterocycles. The van der Waals surface area contributed by atoms with Crippen molar-refractivity contribution in [1.82, 2.24) is 10.2 Å². The van der Waals surface area contributed by atoms with E-state index in [1.54, 1.807) is 0 Å². The fourth-order valence-electron chi connectivity index (χ4n) is 3.29. The molecule has 2 atom stereocenters. The minimum atomic E-state index is 0.302. The van der Waals surface area contributed by atoms with Crippen molar-refractivity contribution in [3.05, 3.63) is 29.8 Å². The molecular weight excluding hydrogens is 248 g/mol. The second-order valence-corrected chi connectivity index (χ2v) is 6.22. The Bertz CT molecular complexity index is 404. The van der Waals surface area contributed by atoms with Gasteiger partial charge in [-0.3, -0.25) is 0 Å². The maximum Gasteiger partial charge on any atom is 0.123 e. The molecule has 1 aromatic carbocycles. The number of hydrogen-bond donors (Lipinski definition) is 1. The first-order chi connectivity index (χ1) is 9.81. The van der Waals surface area contributed by atoms with Crippen LogP contribution in [0, 0.1) is 0 Å². The Balaban J connectivity index is 1.39. The van der Waals surface area contributed by atoms with Crippen molar-refractivity contribution in [2.24, 2.45) is 0 Å². The van der Waals surface area contributed by atoms with Crippen LogP contribution in [0.3, 0.4) is 0 Å². The van der Waals surface area contributed by atoms with Gasteiger partial charge in [-0.05, 0) is 44.5 Å². The SMILES string of the molecule is CC(CN1CCCCC1)NCC1Cc2ccccc2O1. The first kappa shape index (κ1) is 13.9. The van der Waals surface area contributed by atoms with Gasteiger partial charge in [0.05, 0.1) is 0 Å². The molecule has 1 N–H and O–H groups in total. The molecule has 20 heavy (non-hydrogen) atoms. The molecule has 0 bridgehead atoms. The number of nitrogens with zero attached hydrogens (tertiary/aromatic N) is 1. The molecule has 0 amide bonds. The van der Waals surface area contributed by atoms with E-state index in [1.807, 2.05) is 6.07 Å². The summed E-state index contributed by atoms with van der Waals surface area (Å²) in [5.74, 6) is 1.07. The Labute approximate surface area is 122 Å². The molecule has 3 rings (SSSR count). The summed E-state index contributed by atoms with van der Waals surface area (Å²) in [6.45, 7) is 6.95. The van der Waals surface area contributed by atoms with Gasteiger partial charge in [-0.1, -0.05) is 24.6 Å². The van der Waals surface area contributed by atoms with E-state index in [-0.39, 0.29) is 0 Å². The minimum absolute atomic E-state index is 0.302. The molecule has 2 aliphatic rings. The van der Waals surface area contributed by atoms with Crippen LogP contribution in [0.2, 0.25) is 0 Å². The van der Waals surface area contributed by atoms with Crippen molar-refractivity contribution in [1.29, 1.82) is 0 Å². The summed E-state index contributed by atoms with van der Waals surface area (Å²) in [6, 6.07) is 8.93. The maximum atomic E-state index is 5.97. The first-order valence-electron chi connectivity index (χ1n) is 8.01. The lowest BCUT2D eigenvalue weighted by molar-refractivity contribution is 0.190. The molecule has 2 heterocycles. The van der Waals surface area contributed by atoms with Crippen molar-refractivity contribution in [3.8, 4) is 5.75 Å². The van der Waals surface area contributed by atoms with E-state index < -0.39 is 0 Å². The number of hydrogen-bond acceptors (Lipinski definition) is 3. The molecule has 3 heteroatoms. The molecule has 1 saturated heterocycles. The first-order valence-corrected chi connectivity index (χ1v) is 8.01. The lowest BCUT2D eigenvalue weighted by Crippen LogP contribution is -2.44. The molecular formula is C17H26N2O. The monoisotopic (exact) mass is 274 g/mol. The molecule has 3 nitrogen and oxygen atoms in total. The number of piperidine rings is 1. The molecule has 0 aromatic heterocycles. The lowest BCUT2D eigenvalue weighted by Gasteiger charge is -2.29. The zero-order valence-electron chi connectivity index (χ0n) is 12.5. The molecule has 0 aliphatic carbocycles. The van der Waals surface area contributed by atoms with Crippen molar-refractivity contribution < 1.29 is 4.74 Å². The number of likely N-dealkylation sites (tertiary alicyclic amines) is 1. The van der Waals surface area contributed by atoms with Crippen LogP contribution in [0.1, 0.15) is 31.7 Å². The summed E-state index contributed by atoms with van der Waals surface area (Å²) in [4.78, 5) is 2.59. The predicted molar refractivity (Wildman–Crippen MR) is 82.3 cm³/mol. The van der Waals surface area contributed by atoms with Crippen LogP contribution in [0.25, 0.3) is 0 Å². The van der Waals surface area contributed by atoms with Crippen LogP contribution in [-0.4, -0.2) is 43.2 Å². The average Bonchev–Trinajstić information content (AvgIpc) is 2.89. The van der Waals surface area contributed by atoms with Gasteiger partial charge in [0.2, 0.25) is 0 Å². The topological polar surface area (TPSA) is 24.5 Å². The normalized spacial score (nSPS) is 24.1. The van der Waals surface area contributed by atoms with Gasteiger partial charge in [0.15, 0.2) is 0 Å². The summed E-state index contributed by atoms with van der Waals surface area (Å²) in [5, 5.41) is 3.64. The highest BCUT2D eigenvalue weighted by Crippen LogP contribution is 2.27. The number of ether oxygens (including phenoxy) is 1. The minimum Gasteiger partial charge on any atom is -0.488 e. The smallest absolute Gasteiger partial charge is 0.123 e. The van der Waals surface area contributed by atoms with Crippen LogP contribution >= 0.6 is 0 Å². The van der Waals surface area contributed by atoms with E-state index >= 15 is 0 Å². The number of fused-ring (bicyclic) bond motifs is 1. The highest BCUT2D eigenvalue weighted by Gasteiger charge is 2.22. The Morgan fingerprint density at radius 1 is 1.25 bits per heavy atom. The molecule has 0 radical (unpaired) electrons. The zero-order chi connectivity index (χ0) is 13.8. The second-order valence-electron chi connectivity index (χ2n) is 6.22. The van der Waals surface area contributed by atoms with Gasteiger partial charge in [-0.2, -0.15) is 0 Å². The third-order valence-electron chi connectivity index (χ3n) is 4.39. The van der Waals surface area contributed by atoms with Gasteiger partial charge in [-0.25, -0.2) is 0 Å². The zero-order valence-corrected chi connectivity index (χ0v) is 12.5. The molecule has 110 valence electrons. The van der Waals surface area contributed by atoms with E-state index in [4.69, 9.17) is 4.74 Å². The summed E-state index contributed by atoms with van der Waals surface area (Å²) < 4.78 is 5.97. The third kappa shape index (κ3) is 3.53. The van der Waals surface area contributed by atoms with E-state index in [0.717, 1.165) is 18.7 Å². The highest BCUT2D eigenvalue weighted by atomic mass is 16.5. The predicted octanol–water partition coefficient (Wildman–Crippen LogP) is 2.45. The van der Waals surface area contributed by atoms with Crippen LogP contribution in [0.15, 0.2) is 24.3 Å². The number of para-hydroxylation sites is 1.